The van der Waals surface area contributed by atoms with Crippen molar-refractivity contribution in [3.05, 3.63) is 59.0 Å². The van der Waals surface area contributed by atoms with Crippen molar-refractivity contribution in [1.82, 2.24) is 4.98 Å². The molecule has 0 bridgehead atoms. The number of hydrogen-bond acceptors (Lipinski definition) is 5. The van der Waals surface area contributed by atoms with E-state index in [0.29, 0.717) is 23.1 Å². The fourth-order valence-electron chi connectivity index (χ4n) is 3.24. The molecule has 2 aromatic heterocycles. The van der Waals surface area contributed by atoms with Gasteiger partial charge in [-0.25, -0.2) is 4.98 Å². The van der Waals surface area contributed by atoms with Gasteiger partial charge >= 0.3 is 0 Å². The molecule has 0 fully saturated rings. The molecular formula is C23H23N3O2S. The van der Waals surface area contributed by atoms with Crippen molar-refractivity contribution in [3.63, 3.8) is 0 Å². The number of amides is 1. The van der Waals surface area contributed by atoms with Gasteiger partial charge in [0.15, 0.2) is 0 Å². The van der Waals surface area contributed by atoms with E-state index in [9.17, 15) is 4.79 Å². The average molecular weight is 406 g/mol. The fraction of sp³-hybridized carbons (Fsp3) is 0.217. The highest BCUT2D eigenvalue weighted by Gasteiger charge is 2.18. The van der Waals surface area contributed by atoms with Crippen molar-refractivity contribution in [2.45, 2.75) is 26.7 Å². The molecular weight excluding hydrogens is 382 g/mol. The van der Waals surface area contributed by atoms with Crippen molar-refractivity contribution in [3.8, 4) is 5.75 Å². The fourth-order valence-corrected chi connectivity index (χ4v) is 4.22. The van der Waals surface area contributed by atoms with Crippen LogP contribution >= 0.6 is 11.3 Å². The van der Waals surface area contributed by atoms with Crippen LogP contribution in [-0.4, -0.2) is 17.5 Å². The molecule has 4 aromatic rings. The Morgan fingerprint density at radius 1 is 1.17 bits per heavy atom. The van der Waals surface area contributed by atoms with Crippen LogP contribution in [-0.2, 0) is 0 Å². The lowest BCUT2D eigenvalue weighted by atomic mass is 10.0. The van der Waals surface area contributed by atoms with E-state index >= 15 is 0 Å². The molecule has 0 saturated heterocycles. The van der Waals surface area contributed by atoms with Gasteiger partial charge in [-0.1, -0.05) is 26.0 Å². The molecule has 2 aromatic carbocycles. The lowest BCUT2D eigenvalue weighted by molar-refractivity contribution is 0.103. The number of anilines is 2. The van der Waals surface area contributed by atoms with Crippen LogP contribution in [0, 0.1) is 0 Å². The van der Waals surface area contributed by atoms with Gasteiger partial charge in [0.1, 0.15) is 15.5 Å². The highest BCUT2D eigenvalue weighted by molar-refractivity contribution is 7.21. The van der Waals surface area contributed by atoms with Crippen LogP contribution in [0.5, 0.6) is 5.75 Å². The number of nitrogens with zero attached hydrogens (tertiary/aromatic N) is 1. The molecule has 1 amide bonds. The molecule has 148 valence electrons. The Balaban J connectivity index is 1.66. The lowest BCUT2D eigenvalue weighted by Crippen LogP contribution is -2.11. The summed E-state index contributed by atoms with van der Waals surface area (Å²) in [6, 6.07) is 15.6. The lowest BCUT2D eigenvalue weighted by Gasteiger charge is -2.08. The predicted molar refractivity (Wildman–Crippen MR) is 121 cm³/mol. The molecule has 0 aliphatic carbocycles. The normalized spacial score (nSPS) is 11.3. The number of fused-ring (bicyclic) bond motifs is 2. The number of ether oxygens (including phenoxy) is 1. The number of benzene rings is 2. The zero-order valence-electron chi connectivity index (χ0n) is 16.7. The smallest absolute Gasteiger partial charge is 0.267 e. The maximum Gasteiger partial charge on any atom is 0.267 e. The minimum atomic E-state index is -0.221. The van der Waals surface area contributed by atoms with E-state index in [1.165, 1.54) is 16.9 Å². The number of carbonyl (C=O) groups is 1. The van der Waals surface area contributed by atoms with Gasteiger partial charge in [-0.05, 0) is 48.7 Å². The third kappa shape index (κ3) is 3.76. The second-order valence-electron chi connectivity index (χ2n) is 7.20. The molecule has 29 heavy (non-hydrogen) atoms. The van der Waals surface area contributed by atoms with Crippen LogP contribution in [0.15, 0.2) is 48.5 Å². The van der Waals surface area contributed by atoms with Crippen LogP contribution in [0.2, 0.25) is 0 Å². The number of thiophene rings is 1. The average Bonchev–Trinajstić information content (AvgIpc) is 3.03. The standard InChI is InChI=1S/C23H23N3O2S/c1-4-28-17-10-7-15-11-18-20(24)21(29-23(18)26-19(15)12-17)22(27)25-16-8-5-14(6-9-16)13(2)3/h5-13H,4,24H2,1-3H3,(H,25,27). The first-order chi connectivity index (χ1) is 14.0. The van der Waals surface area contributed by atoms with Crippen molar-refractivity contribution in [1.29, 1.82) is 0 Å². The van der Waals surface area contributed by atoms with Gasteiger partial charge in [0.05, 0.1) is 17.8 Å². The minimum absolute atomic E-state index is 0.221. The van der Waals surface area contributed by atoms with Crippen molar-refractivity contribution in [2.24, 2.45) is 0 Å². The number of nitrogen functional groups attached to an aromatic ring is 1. The van der Waals surface area contributed by atoms with Gasteiger partial charge in [-0.15, -0.1) is 11.3 Å². The van der Waals surface area contributed by atoms with E-state index in [1.807, 2.05) is 55.5 Å². The van der Waals surface area contributed by atoms with E-state index in [1.54, 1.807) is 0 Å². The number of pyridine rings is 1. The van der Waals surface area contributed by atoms with Gasteiger partial charge < -0.3 is 15.8 Å². The molecule has 4 rings (SSSR count). The molecule has 0 spiro atoms. The first-order valence-electron chi connectivity index (χ1n) is 9.63. The topological polar surface area (TPSA) is 77.2 Å². The highest BCUT2D eigenvalue weighted by Crippen LogP contribution is 2.35. The Kier molecular flexibility index (Phi) is 5.11. The number of hydrogen-bond donors (Lipinski definition) is 2. The monoisotopic (exact) mass is 405 g/mol. The number of nitrogens with two attached hydrogens (primary N) is 1. The zero-order valence-corrected chi connectivity index (χ0v) is 17.5. The number of carbonyl (C=O) groups excluding carboxylic acids is 1. The SMILES string of the molecule is CCOc1ccc2cc3c(N)c(C(=O)Nc4ccc(C(C)C)cc4)sc3nc2c1. The Morgan fingerprint density at radius 3 is 2.62 bits per heavy atom. The first kappa shape index (κ1) is 19.2. The molecule has 0 aliphatic rings. The maximum absolute atomic E-state index is 12.8. The summed E-state index contributed by atoms with van der Waals surface area (Å²) in [4.78, 5) is 18.7. The van der Waals surface area contributed by atoms with Crippen LogP contribution in [0.3, 0.4) is 0 Å². The molecule has 0 saturated carbocycles. The van der Waals surface area contributed by atoms with E-state index < -0.39 is 0 Å². The number of aromatic nitrogens is 1. The third-order valence-corrected chi connectivity index (χ3v) is 5.95. The molecule has 0 atom stereocenters. The van der Waals surface area contributed by atoms with Gasteiger partial charge in [-0.2, -0.15) is 0 Å². The maximum atomic E-state index is 12.8. The van der Waals surface area contributed by atoms with Crippen molar-refractivity contribution >= 4 is 49.7 Å². The molecule has 2 heterocycles. The zero-order chi connectivity index (χ0) is 20.5. The Bertz CT molecular complexity index is 1200. The van der Waals surface area contributed by atoms with Gasteiger partial charge in [0.25, 0.3) is 5.91 Å². The third-order valence-electron chi connectivity index (χ3n) is 4.84. The summed E-state index contributed by atoms with van der Waals surface area (Å²) in [6.07, 6.45) is 0. The minimum Gasteiger partial charge on any atom is -0.494 e. The Morgan fingerprint density at radius 2 is 1.93 bits per heavy atom. The summed E-state index contributed by atoms with van der Waals surface area (Å²) < 4.78 is 5.56. The molecule has 0 unspecified atom stereocenters. The van der Waals surface area contributed by atoms with E-state index in [2.05, 4.69) is 19.2 Å². The molecule has 3 N–H and O–H groups in total. The second-order valence-corrected chi connectivity index (χ2v) is 8.20. The van der Waals surface area contributed by atoms with E-state index in [-0.39, 0.29) is 5.91 Å². The van der Waals surface area contributed by atoms with Gasteiger partial charge in [0, 0.05) is 22.5 Å². The summed E-state index contributed by atoms with van der Waals surface area (Å²) in [5, 5.41) is 4.70. The van der Waals surface area contributed by atoms with Crippen LogP contribution in [0.1, 0.15) is 41.9 Å². The Labute approximate surface area is 173 Å². The van der Waals surface area contributed by atoms with Crippen LogP contribution < -0.4 is 15.8 Å². The first-order valence-corrected chi connectivity index (χ1v) is 10.4. The summed E-state index contributed by atoms with van der Waals surface area (Å²) in [6.45, 7) is 6.82. The predicted octanol–water partition coefficient (Wildman–Crippen LogP) is 5.81. The quantitative estimate of drug-likeness (QED) is 0.439. The van der Waals surface area contributed by atoms with Crippen molar-refractivity contribution < 1.29 is 9.53 Å². The van der Waals surface area contributed by atoms with Crippen LogP contribution in [0.4, 0.5) is 11.4 Å². The Hall–Kier alpha value is -3.12. The number of nitrogens with one attached hydrogen (secondary N) is 1. The molecule has 0 aliphatic heterocycles. The van der Waals surface area contributed by atoms with E-state index in [4.69, 9.17) is 15.5 Å². The number of rotatable bonds is 5. The van der Waals surface area contributed by atoms with Crippen LogP contribution in [0.25, 0.3) is 21.1 Å². The summed E-state index contributed by atoms with van der Waals surface area (Å²) >= 11 is 1.30. The van der Waals surface area contributed by atoms with Crippen molar-refractivity contribution in [2.75, 3.05) is 17.7 Å². The summed E-state index contributed by atoms with van der Waals surface area (Å²) in [5.74, 6) is 1.00. The van der Waals surface area contributed by atoms with Gasteiger partial charge in [-0.3, -0.25) is 4.79 Å². The highest BCUT2D eigenvalue weighted by atomic mass is 32.1. The summed E-state index contributed by atoms with van der Waals surface area (Å²) in [5.41, 5.74) is 9.57. The second kappa shape index (κ2) is 7.72. The van der Waals surface area contributed by atoms with E-state index in [0.717, 1.165) is 32.6 Å². The van der Waals surface area contributed by atoms with Gasteiger partial charge in [0.2, 0.25) is 0 Å². The molecule has 5 nitrogen and oxygen atoms in total. The largest absolute Gasteiger partial charge is 0.494 e. The molecule has 0 radical (unpaired) electrons. The molecule has 6 heteroatoms. The summed E-state index contributed by atoms with van der Waals surface area (Å²) in [7, 11) is 0.